The van der Waals surface area contributed by atoms with Crippen molar-refractivity contribution >= 4 is 11.8 Å². The quantitative estimate of drug-likeness (QED) is 0.800. The summed E-state index contributed by atoms with van der Waals surface area (Å²) in [5.41, 5.74) is 5.08. The normalized spacial score (nSPS) is 11.2. The van der Waals surface area contributed by atoms with E-state index in [9.17, 15) is 22.8 Å². The highest BCUT2D eigenvalue weighted by Crippen LogP contribution is 2.22. The lowest BCUT2D eigenvalue weighted by Crippen LogP contribution is -2.44. The van der Waals surface area contributed by atoms with Crippen LogP contribution in [-0.2, 0) is 16.1 Å². The molecule has 1 aromatic rings. The predicted octanol–water partition coefficient (Wildman–Crippen LogP) is 1.18. The molecule has 9 heteroatoms. The van der Waals surface area contributed by atoms with Gasteiger partial charge in [-0.25, -0.2) is 0 Å². The van der Waals surface area contributed by atoms with Crippen molar-refractivity contribution < 1.29 is 27.5 Å². The van der Waals surface area contributed by atoms with Gasteiger partial charge >= 0.3 is 6.36 Å². The molecular weight excluding hydrogens is 303 g/mol. The third-order valence-electron chi connectivity index (χ3n) is 2.40. The minimum absolute atomic E-state index is 0.0150. The van der Waals surface area contributed by atoms with E-state index >= 15 is 0 Å². The Morgan fingerprint density at radius 2 is 1.77 bits per heavy atom. The van der Waals surface area contributed by atoms with Crippen LogP contribution in [0.15, 0.2) is 24.3 Å². The van der Waals surface area contributed by atoms with Crippen LogP contribution in [0.2, 0.25) is 0 Å². The molecule has 6 nitrogen and oxygen atoms in total. The molecule has 1 rings (SSSR count). The maximum atomic E-state index is 12.0. The summed E-state index contributed by atoms with van der Waals surface area (Å²) in [6.45, 7) is 1.62. The Hall–Kier alpha value is -2.29. The van der Waals surface area contributed by atoms with Crippen molar-refractivity contribution in [2.75, 3.05) is 13.6 Å². The second-order valence-corrected chi connectivity index (χ2v) is 4.59. The van der Waals surface area contributed by atoms with Gasteiger partial charge in [0.15, 0.2) is 0 Å². The first kappa shape index (κ1) is 17.8. The van der Waals surface area contributed by atoms with E-state index in [-0.39, 0.29) is 12.3 Å². The Labute approximate surface area is 125 Å². The fourth-order valence-corrected chi connectivity index (χ4v) is 1.61. The first-order valence-electron chi connectivity index (χ1n) is 6.24. The number of likely N-dealkylation sites (N-methyl/N-ethyl adjacent to an activating group) is 1. The number of nitrogens with zero attached hydrogens (tertiary/aromatic N) is 1. The van der Waals surface area contributed by atoms with Crippen molar-refractivity contribution in [2.24, 2.45) is 0 Å². The minimum atomic E-state index is -4.72. The Morgan fingerprint density at radius 1 is 1.18 bits per heavy atom. The summed E-state index contributed by atoms with van der Waals surface area (Å²) in [5, 5.41) is 0. The van der Waals surface area contributed by atoms with Crippen molar-refractivity contribution in [3.05, 3.63) is 29.8 Å². The zero-order valence-corrected chi connectivity index (χ0v) is 12.0. The van der Waals surface area contributed by atoms with Crippen molar-refractivity contribution in [2.45, 2.75) is 19.8 Å². The molecule has 0 saturated carbocycles. The maximum absolute atomic E-state index is 12.0. The van der Waals surface area contributed by atoms with Gasteiger partial charge in [-0.3, -0.25) is 25.3 Å². The Bertz CT molecular complexity index is 518. The molecule has 0 aromatic heterocycles. The molecule has 0 unspecified atom stereocenters. The summed E-state index contributed by atoms with van der Waals surface area (Å²) < 4.78 is 39.8. The number of carbonyl (C=O) groups excluding carboxylic acids is 2. The first-order valence-corrected chi connectivity index (χ1v) is 6.24. The number of hydrogen-bond acceptors (Lipinski definition) is 4. The fraction of sp³-hybridized carbons (Fsp3) is 0.385. The van der Waals surface area contributed by atoms with E-state index in [1.54, 1.807) is 11.9 Å². The SMILES string of the molecule is CC(=O)NNC(=O)CN(C)Cc1ccc(OC(F)(F)F)cc1. The number of amides is 2. The molecule has 0 aliphatic heterocycles. The fourth-order valence-electron chi connectivity index (χ4n) is 1.61. The van der Waals surface area contributed by atoms with Gasteiger partial charge in [-0.2, -0.15) is 0 Å². The summed E-state index contributed by atoms with van der Waals surface area (Å²) in [7, 11) is 1.66. The number of rotatable bonds is 5. The minimum Gasteiger partial charge on any atom is -0.406 e. The molecule has 0 fully saturated rings. The van der Waals surface area contributed by atoms with Gasteiger partial charge in [-0.15, -0.1) is 13.2 Å². The molecule has 0 aliphatic carbocycles. The topological polar surface area (TPSA) is 70.7 Å². The van der Waals surface area contributed by atoms with E-state index in [0.717, 1.165) is 0 Å². The molecule has 0 spiro atoms. The van der Waals surface area contributed by atoms with Crippen molar-refractivity contribution in [1.82, 2.24) is 15.8 Å². The van der Waals surface area contributed by atoms with Crippen molar-refractivity contribution in [3.8, 4) is 5.75 Å². The standard InChI is InChI=1S/C13H16F3N3O3/c1-9(20)17-18-12(21)8-19(2)7-10-3-5-11(6-4-10)22-13(14,15)16/h3-6H,7-8H2,1-2H3,(H,17,20)(H,18,21). The van der Waals surface area contributed by atoms with E-state index in [1.807, 2.05) is 0 Å². The average Bonchev–Trinajstić information content (AvgIpc) is 2.37. The van der Waals surface area contributed by atoms with Crippen LogP contribution >= 0.6 is 0 Å². The monoisotopic (exact) mass is 319 g/mol. The second kappa shape index (κ2) is 7.64. The number of nitrogens with one attached hydrogen (secondary N) is 2. The number of benzene rings is 1. The first-order chi connectivity index (χ1) is 10.2. The van der Waals surface area contributed by atoms with E-state index in [4.69, 9.17) is 0 Å². The van der Waals surface area contributed by atoms with Gasteiger partial charge in [0.2, 0.25) is 5.91 Å². The predicted molar refractivity (Wildman–Crippen MR) is 71.4 cm³/mol. The van der Waals surface area contributed by atoms with Crippen LogP contribution < -0.4 is 15.6 Å². The molecule has 0 bridgehead atoms. The van der Waals surface area contributed by atoms with Crippen LogP contribution in [0.4, 0.5) is 13.2 Å². The number of hydrazine groups is 1. The number of ether oxygens (including phenoxy) is 1. The lowest BCUT2D eigenvalue weighted by atomic mass is 10.2. The van der Waals surface area contributed by atoms with Gasteiger partial charge in [0.25, 0.3) is 5.91 Å². The molecular formula is C13H16F3N3O3. The van der Waals surface area contributed by atoms with Crippen LogP contribution in [0.3, 0.4) is 0 Å². The lowest BCUT2D eigenvalue weighted by Gasteiger charge is -2.16. The van der Waals surface area contributed by atoms with Gasteiger partial charge in [-0.1, -0.05) is 12.1 Å². The third-order valence-corrected chi connectivity index (χ3v) is 2.40. The number of carbonyl (C=O) groups is 2. The second-order valence-electron chi connectivity index (χ2n) is 4.59. The average molecular weight is 319 g/mol. The highest BCUT2D eigenvalue weighted by atomic mass is 19.4. The van der Waals surface area contributed by atoms with Gasteiger partial charge in [-0.05, 0) is 24.7 Å². The van der Waals surface area contributed by atoms with E-state index in [1.165, 1.54) is 31.2 Å². The van der Waals surface area contributed by atoms with Gasteiger partial charge in [0.1, 0.15) is 5.75 Å². The van der Waals surface area contributed by atoms with Crippen LogP contribution in [0.5, 0.6) is 5.75 Å². The summed E-state index contributed by atoms with van der Waals surface area (Å²) in [6.07, 6.45) is -4.72. The molecule has 0 radical (unpaired) electrons. The lowest BCUT2D eigenvalue weighted by molar-refractivity contribution is -0.274. The molecule has 2 amide bonds. The summed E-state index contributed by atoms with van der Waals surface area (Å²) in [4.78, 5) is 23.7. The maximum Gasteiger partial charge on any atom is 0.573 e. The summed E-state index contributed by atoms with van der Waals surface area (Å²) in [6, 6.07) is 5.36. The van der Waals surface area contributed by atoms with Crippen LogP contribution in [0, 0.1) is 0 Å². The summed E-state index contributed by atoms with van der Waals surface area (Å²) >= 11 is 0. The number of halogens is 3. The molecule has 0 aliphatic rings. The molecule has 0 saturated heterocycles. The Kier molecular flexibility index (Phi) is 6.17. The molecule has 1 aromatic carbocycles. The number of hydrogen-bond donors (Lipinski definition) is 2. The van der Waals surface area contributed by atoms with Crippen LogP contribution in [0.25, 0.3) is 0 Å². The van der Waals surface area contributed by atoms with Crippen molar-refractivity contribution in [3.63, 3.8) is 0 Å². The zero-order chi connectivity index (χ0) is 16.8. The third kappa shape index (κ3) is 7.48. The van der Waals surface area contributed by atoms with Gasteiger partial charge in [0, 0.05) is 13.5 Å². The van der Waals surface area contributed by atoms with E-state index in [2.05, 4.69) is 15.6 Å². The van der Waals surface area contributed by atoms with Crippen LogP contribution in [0.1, 0.15) is 12.5 Å². The Balaban J connectivity index is 2.46. The molecule has 0 atom stereocenters. The van der Waals surface area contributed by atoms with Gasteiger partial charge in [0.05, 0.1) is 6.54 Å². The van der Waals surface area contributed by atoms with E-state index < -0.39 is 18.2 Å². The molecule has 2 N–H and O–H groups in total. The highest BCUT2D eigenvalue weighted by Gasteiger charge is 2.30. The number of alkyl halides is 3. The molecule has 122 valence electrons. The molecule has 0 heterocycles. The van der Waals surface area contributed by atoms with E-state index in [0.29, 0.717) is 12.1 Å². The molecule has 22 heavy (non-hydrogen) atoms. The zero-order valence-electron chi connectivity index (χ0n) is 12.0. The van der Waals surface area contributed by atoms with Crippen molar-refractivity contribution in [1.29, 1.82) is 0 Å². The largest absolute Gasteiger partial charge is 0.573 e. The smallest absolute Gasteiger partial charge is 0.406 e. The van der Waals surface area contributed by atoms with Crippen LogP contribution in [-0.4, -0.2) is 36.7 Å². The highest BCUT2D eigenvalue weighted by molar-refractivity contribution is 5.81. The summed E-state index contributed by atoms with van der Waals surface area (Å²) in [5.74, 6) is -1.10. The van der Waals surface area contributed by atoms with Gasteiger partial charge < -0.3 is 4.74 Å². The Morgan fingerprint density at radius 3 is 2.27 bits per heavy atom.